The Morgan fingerprint density at radius 1 is 1.17 bits per heavy atom. The molecule has 1 aliphatic heterocycles. The van der Waals surface area contributed by atoms with E-state index in [9.17, 15) is 13.6 Å². The second-order valence-electron chi connectivity index (χ2n) is 8.36. The van der Waals surface area contributed by atoms with Gasteiger partial charge in [-0.3, -0.25) is 9.48 Å². The SMILES string of the molecule is Cn1cc(C(=O)N2CCC3(CCc4cc(-c5ccoc5)ccc43)CC2)c(C(F)F)n1. The van der Waals surface area contributed by atoms with Gasteiger partial charge in [-0.05, 0) is 53.9 Å². The Morgan fingerprint density at radius 3 is 2.67 bits per heavy atom. The van der Waals surface area contributed by atoms with E-state index in [-0.39, 0.29) is 16.9 Å². The van der Waals surface area contributed by atoms with Crippen molar-refractivity contribution in [3.63, 3.8) is 0 Å². The maximum atomic E-state index is 13.3. The monoisotopic (exact) mass is 411 g/mol. The van der Waals surface area contributed by atoms with Crippen LogP contribution >= 0.6 is 0 Å². The lowest BCUT2D eigenvalue weighted by Gasteiger charge is -2.40. The number of aromatic nitrogens is 2. The smallest absolute Gasteiger partial charge is 0.282 e. The molecule has 30 heavy (non-hydrogen) atoms. The summed E-state index contributed by atoms with van der Waals surface area (Å²) >= 11 is 0. The molecule has 1 aliphatic carbocycles. The first-order chi connectivity index (χ1) is 14.5. The molecule has 0 N–H and O–H groups in total. The first-order valence-corrected chi connectivity index (χ1v) is 10.2. The van der Waals surface area contributed by atoms with Gasteiger partial charge in [-0.25, -0.2) is 8.78 Å². The Hall–Kier alpha value is -2.96. The minimum absolute atomic E-state index is 0.0139. The van der Waals surface area contributed by atoms with E-state index in [1.807, 2.05) is 6.07 Å². The first-order valence-electron chi connectivity index (χ1n) is 10.2. The van der Waals surface area contributed by atoms with Crippen LogP contribution in [-0.4, -0.2) is 33.7 Å². The zero-order valence-electron chi connectivity index (χ0n) is 16.8. The van der Waals surface area contributed by atoms with Gasteiger partial charge in [0.05, 0.1) is 18.1 Å². The van der Waals surface area contributed by atoms with Crippen molar-refractivity contribution in [2.75, 3.05) is 13.1 Å². The van der Waals surface area contributed by atoms with Gasteiger partial charge < -0.3 is 9.32 Å². The maximum Gasteiger partial charge on any atom is 0.282 e. The van der Waals surface area contributed by atoms with Crippen molar-refractivity contribution in [1.29, 1.82) is 0 Å². The fourth-order valence-electron chi connectivity index (χ4n) is 5.09. The summed E-state index contributed by atoms with van der Waals surface area (Å²) < 4.78 is 33.0. The van der Waals surface area contributed by atoms with Crippen LogP contribution in [0.25, 0.3) is 11.1 Å². The first kappa shape index (κ1) is 19.0. The number of nitrogens with zero attached hydrogens (tertiary/aromatic N) is 3. The van der Waals surface area contributed by atoms with Crippen molar-refractivity contribution in [3.05, 3.63) is 65.4 Å². The molecule has 7 heteroatoms. The molecule has 0 bridgehead atoms. The highest BCUT2D eigenvalue weighted by Gasteiger charge is 2.42. The molecule has 5 nitrogen and oxygen atoms in total. The van der Waals surface area contributed by atoms with Gasteiger partial charge in [-0.1, -0.05) is 18.2 Å². The molecule has 2 aliphatic rings. The van der Waals surface area contributed by atoms with Gasteiger partial charge in [0.25, 0.3) is 12.3 Å². The van der Waals surface area contributed by atoms with E-state index in [2.05, 4.69) is 23.3 Å². The molecule has 156 valence electrons. The standard InChI is InChI=1S/C23H23F2N3O2/c1-27-13-18(20(26-27)21(24)25)22(29)28-9-7-23(8-10-28)6-4-16-12-15(2-3-19(16)23)17-5-11-30-14-17/h2-3,5,11-14,21H,4,6-10H2,1H3. The van der Waals surface area contributed by atoms with Crippen LogP contribution in [0, 0.1) is 0 Å². The number of carbonyl (C=O) groups is 1. The molecular formula is C23H23F2N3O2. The van der Waals surface area contributed by atoms with Crippen molar-refractivity contribution < 1.29 is 18.0 Å². The largest absolute Gasteiger partial charge is 0.472 e. The highest BCUT2D eigenvalue weighted by atomic mass is 19.3. The van der Waals surface area contributed by atoms with E-state index in [1.165, 1.54) is 22.0 Å². The van der Waals surface area contributed by atoms with E-state index in [0.29, 0.717) is 13.1 Å². The summed E-state index contributed by atoms with van der Waals surface area (Å²) in [6.45, 7) is 1.14. The van der Waals surface area contributed by atoms with Gasteiger partial charge in [0, 0.05) is 31.9 Å². The number of halogens is 2. The number of fused-ring (bicyclic) bond motifs is 2. The van der Waals surface area contributed by atoms with Crippen molar-refractivity contribution >= 4 is 5.91 Å². The summed E-state index contributed by atoms with van der Waals surface area (Å²) in [5.41, 5.74) is 4.62. The van der Waals surface area contributed by atoms with Gasteiger partial charge in [0.2, 0.25) is 0 Å². The molecule has 0 saturated carbocycles. The zero-order chi connectivity index (χ0) is 20.9. The summed E-state index contributed by atoms with van der Waals surface area (Å²) in [4.78, 5) is 14.6. The van der Waals surface area contributed by atoms with Crippen LogP contribution in [0.1, 0.15) is 52.9 Å². The number of rotatable bonds is 3. The molecule has 1 amide bonds. The van der Waals surface area contributed by atoms with E-state index in [4.69, 9.17) is 4.42 Å². The molecule has 0 atom stereocenters. The number of amides is 1. The number of hydrogen-bond acceptors (Lipinski definition) is 3. The lowest BCUT2D eigenvalue weighted by molar-refractivity contribution is 0.0654. The molecule has 1 aromatic carbocycles. The summed E-state index contributed by atoms with van der Waals surface area (Å²) in [7, 11) is 1.56. The number of piperidine rings is 1. The summed E-state index contributed by atoms with van der Waals surface area (Å²) in [5, 5.41) is 3.77. The molecule has 3 aromatic rings. The summed E-state index contributed by atoms with van der Waals surface area (Å²) in [6, 6.07) is 8.57. The van der Waals surface area contributed by atoms with Crippen LogP contribution in [-0.2, 0) is 18.9 Å². The number of aryl methyl sites for hydroxylation is 2. The number of furan rings is 1. The average Bonchev–Trinajstić information content (AvgIpc) is 3.48. The summed E-state index contributed by atoms with van der Waals surface area (Å²) in [5.74, 6) is -0.346. The van der Waals surface area contributed by atoms with E-state index in [1.54, 1.807) is 24.5 Å². The maximum absolute atomic E-state index is 13.3. The molecule has 5 rings (SSSR count). The minimum Gasteiger partial charge on any atom is -0.472 e. The fourth-order valence-corrected chi connectivity index (χ4v) is 5.09. The minimum atomic E-state index is -2.76. The number of hydrogen-bond donors (Lipinski definition) is 0. The second-order valence-corrected chi connectivity index (χ2v) is 8.36. The molecule has 3 heterocycles. The van der Waals surface area contributed by atoms with E-state index in [0.717, 1.165) is 36.8 Å². The predicted octanol–water partition coefficient (Wildman–Crippen LogP) is 4.74. The van der Waals surface area contributed by atoms with Gasteiger partial charge in [0.15, 0.2) is 0 Å². The molecule has 1 spiro atoms. The lowest BCUT2D eigenvalue weighted by Crippen LogP contribution is -2.44. The normalized spacial score (nSPS) is 17.7. The molecular weight excluding hydrogens is 388 g/mol. The fraction of sp³-hybridized carbons (Fsp3) is 0.391. The number of carbonyl (C=O) groups excluding carboxylic acids is 1. The summed E-state index contributed by atoms with van der Waals surface area (Å²) in [6.07, 6.45) is 5.86. The van der Waals surface area contributed by atoms with Crippen molar-refractivity contribution in [1.82, 2.24) is 14.7 Å². The van der Waals surface area contributed by atoms with Crippen LogP contribution in [0.3, 0.4) is 0 Å². The van der Waals surface area contributed by atoms with Crippen LogP contribution in [0.2, 0.25) is 0 Å². The number of benzene rings is 1. The average molecular weight is 411 g/mol. The molecule has 0 unspecified atom stereocenters. The zero-order valence-corrected chi connectivity index (χ0v) is 16.8. The van der Waals surface area contributed by atoms with Crippen molar-refractivity contribution in [2.45, 2.75) is 37.5 Å². The van der Waals surface area contributed by atoms with Crippen LogP contribution in [0.5, 0.6) is 0 Å². The van der Waals surface area contributed by atoms with Gasteiger partial charge in [-0.2, -0.15) is 5.10 Å². The Balaban J connectivity index is 1.34. The Bertz CT molecular complexity index is 1080. The molecule has 1 saturated heterocycles. The van der Waals surface area contributed by atoms with Crippen LogP contribution in [0.15, 0.2) is 47.4 Å². The van der Waals surface area contributed by atoms with E-state index < -0.39 is 12.1 Å². The Labute approximate surface area is 173 Å². The van der Waals surface area contributed by atoms with Gasteiger partial charge in [-0.15, -0.1) is 0 Å². The van der Waals surface area contributed by atoms with Crippen molar-refractivity contribution in [3.8, 4) is 11.1 Å². The van der Waals surface area contributed by atoms with Crippen molar-refractivity contribution in [2.24, 2.45) is 7.05 Å². The lowest BCUT2D eigenvalue weighted by atomic mass is 9.73. The number of likely N-dealkylation sites (tertiary alicyclic amines) is 1. The van der Waals surface area contributed by atoms with E-state index >= 15 is 0 Å². The highest BCUT2D eigenvalue weighted by molar-refractivity contribution is 5.95. The molecule has 0 radical (unpaired) electrons. The Kier molecular flexibility index (Phi) is 4.49. The van der Waals surface area contributed by atoms with Gasteiger partial charge >= 0.3 is 0 Å². The second kappa shape index (κ2) is 7.07. The van der Waals surface area contributed by atoms with Crippen LogP contribution < -0.4 is 0 Å². The molecule has 2 aromatic heterocycles. The molecule has 1 fully saturated rings. The quantitative estimate of drug-likeness (QED) is 0.626. The third-order valence-corrected chi connectivity index (χ3v) is 6.71. The third-order valence-electron chi connectivity index (χ3n) is 6.71. The highest BCUT2D eigenvalue weighted by Crippen LogP contribution is 2.47. The third kappa shape index (κ3) is 3.04. The predicted molar refractivity (Wildman–Crippen MR) is 107 cm³/mol. The van der Waals surface area contributed by atoms with Crippen LogP contribution in [0.4, 0.5) is 8.78 Å². The topological polar surface area (TPSA) is 51.3 Å². The number of alkyl halides is 2. The van der Waals surface area contributed by atoms with Gasteiger partial charge in [0.1, 0.15) is 5.69 Å². The Morgan fingerprint density at radius 2 is 1.97 bits per heavy atom.